The number of methoxy groups -OCH3 is 1. The Morgan fingerprint density at radius 3 is 2.29 bits per heavy atom. The zero-order valence-electron chi connectivity index (χ0n) is 27.9. The molecular formula is C35H37F2N7O4. The van der Waals surface area contributed by atoms with Crippen molar-refractivity contribution in [3.63, 3.8) is 0 Å². The molecule has 5 heterocycles. The number of benzene rings is 1. The molecule has 2 atom stereocenters. The molecule has 2 aliphatic heterocycles. The van der Waals surface area contributed by atoms with E-state index in [9.17, 15) is 9.59 Å². The number of fused-ring (bicyclic) bond motifs is 5. The van der Waals surface area contributed by atoms with E-state index in [1.165, 1.54) is 60.3 Å². The van der Waals surface area contributed by atoms with E-state index in [1.807, 2.05) is 34.6 Å². The van der Waals surface area contributed by atoms with E-state index in [4.69, 9.17) is 9.72 Å². The number of halogens is 2. The van der Waals surface area contributed by atoms with Crippen molar-refractivity contribution in [2.45, 2.75) is 58.5 Å². The molecule has 1 saturated heterocycles. The fraction of sp³-hybridized carbons (Fsp3) is 0.371. The Balaban J connectivity index is 1.79. The molecule has 0 radical (unpaired) electrons. The predicted octanol–water partition coefficient (Wildman–Crippen LogP) is 4.94. The highest BCUT2D eigenvalue weighted by Crippen LogP contribution is 2.44. The molecule has 4 aromatic rings. The zero-order valence-corrected chi connectivity index (χ0v) is 27.9. The third kappa shape index (κ3) is 4.90. The fourth-order valence-electron chi connectivity index (χ4n) is 6.81. The summed E-state index contributed by atoms with van der Waals surface area (Å²) in [6.07, 6.45) is 2.64. The molecule has 3 aromatic heterocycles. The molecule has 0 N–H and O–H groups in total. The van der Waals surface area contributed by atoms with E-state index in [-0.39, 0.29) is 70.6 Å². The van der Waals surface area contributed by atoms with E-state index in [1.54, 1.807) is 9.80 Å². The van der Waals surface area contributed by atoms with E-state index >= 15 is 13.6 Å². The highest BCUT2D eigenvalue weighted by atomic mass is 19.1. The standard InChI is InChI=1S/C35H37F2N7O4/c1-9-25(45)42-15-23-34(46)41(7)32-30(43(23)14-19(42)6)20-13-22(37)29(26-21(36)11-10-12-24(26)48-8)40-33(20)44(35(32)47)31-27(17(2)3)38-16-39-28(31)18(4)5/h9-13,16-19,23H,1,14-15H2,2-8H3/t19-,23-/m1/s1. The quantitative estimate of drug-likeness (QED) is 0.268. The highest BCUT2D eigenvalue weighted by Gasteiger charge is 2.46. The number of hydrogen-bond acceptors (Lipinski definition) is 8. The molecule has 6 rings (SSSR count). The first-order valence-corrected chi connectivity index (χ1v) is 15.8. The summed E-state index contributed by atoms with van der Waals surface area (Å²) in [5, 5.41) is 0.217. The van der Waals surface area contributed by atoms with E-state index < -0.39 is 29.1 Å². The van der Waals surface area contributed by atoms with Gasteiger partial charge < -0.3 is 19.4 Å². The van der Waals surface area contributed by atoms with Crippen LogP contribution in [0.5, 0.6) is 5.75 Å². The lowest BCUT2D eigenvalue weighted by Gasteiger charge is -2.49. The summed E-state index contributed by atoms with van der Waals surface area (Å²) in [5.41, 5.74) is 0.625. The predicted molar refractivity (Wildman–Crippen MR) is 179 cm³/mol. The van der Waals surface area contributed by atoms with Crippen molar-refractivity contribution in [1.82, 2.24) is 24.4 Å². The Bertz CT molecular complexity index is 2040. The second kappa shape index (κ2) is 12.1. The Morgan fingerprint density at radius 2 is 1.69 bits per heavy atom. The number of pyridine rings is 2. The summed E-state index contributed by atoms with van der Waals surface area (Å²) in [6.45, 7) is 13.3. The largest absolute Gasteiger partial charge is 0.496 e. The van der Waals surface area contributed by atoms with Crippen molar-refractivity contribution in [2.75, 3.05) is 37.0 Å². The summed E-state index contributed by atoms with van der Waals surface area (Å²) in [4.78, 5) is 60.1. The Kier molecular flexibility index (Phi) is 8.26. The number of carbonyl (C=O) groups is 2. The van der Waals surface area contributed by atoms with Crippen molar-refractivity contribution in [2.24, 2.45) is 0 Å². The summed E-state index contributed by atoms with van der Waals surface area (Å²) in [5.74, 6) is -2.65. The van der Waals surface area contributed by atoms with Crippen LogP contribution in [-0.4, -0.2) is 75.6 Å². The van der Waals surface area contributed by atoms with Crippen LogP contribution >= 0.6 is 0 Å². The molecule has 0 aliphatic carbocycles. The Hall–Kier alpha value is -5.20. The molecule has 2 amide bonds. The first-order chi connectivity index (χ1) is 22.8. The topological polar surface area (TPSA) is 114 Å². The number of hydrogen-bond donors (Lipinski definition) is 0. The number of anilines is 2. The van der Waals surface area contributed by atoms with Gasteiger partial charge in [0.2, 0.25) is 5.91 Å². The number of piperazine rings is 1. The fourth-order valence-corrected chi connectivity index (χ4v) is 6.81. The zero-order chi connectivity index (χ0) is 34.8. The van der Waals surface area contributed by atoms with Crippen molar-refractivity contribution in [1.29, 1.82) is 0 Å². The smallest absolute Gasteiger partial charge is 0.283 e. The molecule has 1 aromatic carbocycles. The van der Waals surface area contributed by atoms with Gasteiger partial charge in [0, 0.05) is 25.0 Å². The SMILES string of the molecule is C=CC(=O)N1C[C@@H]2C(=O)N(C)c3c(c4cc(F)c(-c5c(F)cccc5OC)nc4n(-c4c(C(C)C)ncnc4C(C)C)c3=O)N2C[C@H]1C. The molecule has 48 heavy (non-hydrogen) atoms. The molecule has 11 nitrogen and oxygen atoms in total. The average molecular weight is 658 g/mol. The Morgan fingerprint density at radius 1 is 1.02 bits per heavy atom. The van der Waals surface area contributed by atoms with Crippen LogP contribution < -0.4 is 20.1 Å². The first kappa shape index (κ1) is 32.7. The van der Waals surface area contributed by atoms with Crippen LogP contribution in [0.15, 0.2) is 48.0 Å². The minimum absolute atomic E-state index is 0.0186. The maximum atomic E-state index is 16.4. The van der Waals surface area contributed by atoms with Crippen molar-refractivity contribution in [3.8, 4) is 22.7 Å². The van der Waals surface area contributed by atoms with Gasteiger partial charge in [-0.1, -0.05) is 40.3 Å². The lowest BCUT2D eigenvalue weighted by atomic mass is 9.97. The molecule has 13 heteroatoms. The van der Waals surface area contributed by atoms with Gasteiger partial charge in [0.15, 0.2) is 11.5 Å². The highest BCUT2D eigenvalue weighted by molar-refractivity contribution is 6.12. The normalized spacial score (nSPS) is 17.6. The van der Waals surface area contributed by atoms with Gasteiger partial charge in [-0.3, -0.25) is 19.0 Å². The summed E-state index contributed by atoms with van der Waals surface area (Å²) in [7, 11) is 2.84. The number of likely N-dealkylation sites (N-methyl/N-ethyl adjacent to an activating group) is 1. The van der Waals surface area contributed by atoms with Crippen LogP contribution in [0.3, 0.4) is 0 Å². The number of ether oxygens (including phenoxy) is 1. The minimum atomic E-state index is -0.868. The molecule has 1 fully saturated rings. The maximum Gasteiger partial charge on any atom is 0.283 e. The van der Waals surface area contributed by atoms with Gasteiger partial charge in [0.25, 0.3) is 11.5 Å². The van der Waals surface area contributed by atoms with Gasteiger partial charge >= 0.3 is 0 Å². The minimum Gasteiger partial charge on any atom is -0.496 e. The van der Waals surface area contributed by atoms with Crippen LogP contribution in [-0.2, 0) is 9.59 Å². The molecule has 250 valence electrons. The van der Waals surface area contributed by atoms with Crippen LogP contribution in [0.4, 0.5) is 20.2 Å². The molecule has 0 spiro atoms. The summed E-state index contributed by atoms with van der Waals surface area (Å²) >= 11 is 0. The average Bonchev–Trinajstić information content (AvgIpc) is 3.05. The van der Waals surface area contributed by atoms with Gasteiger partial charge in [0.1, 0.15) is 35.3 Å². The van der Waals surface area contributed by atoms with Gasteiger partial charge in [0.05, 0.1) is 42.0 Å². The monoisotopic (exact) mass is 657 g/mol. The van der Waals surface area contributed by atoms with Crippen LogP contribution in [0.25, 0.3) is 28.0 Å². The maximum absolute atomic E-state index is 16.4. The van der Waals surface area contributed by atoms with Gasteiger partial charge in [-0.05, 0) is 43.0 Å². The summed E-state index contributed by atoms with van der Waals surface area (Å²) < 4.78 is 38.6. The van der Waals surface area contributed by atoms with Crippen LogP contribution in [0, 0.1) is 11.6 Å². The van der Waals surface area contributed by atoms with E-state index in [0.29, 0.717) is 22.8 Å². The summed E-state index contributed by atoms with van der Waals surface area (Å²) in [6, 6.07) is 4.10. The second-order valence-electron chi connectivity index (χ2n) is 12.8. The molecular weight excluding hydrogens is 620 g/mol. The number of amides is 2. The number of nitrogens with zero attached hydrogens (tertiary/aromatic N) is 7. The Labute approximate surface area is 276 Å². The van der Waals surface area contributed by atoms with Crippen LogP contribution in [0.2, 0.25) is 0 Å². The van der Waals surface area contributed by atoms with Crippen molar-refractivity contribution < 1.29 is 23.1 Å². The van der Waals surface area contributed by atoms with Gasteiger partial charge in [-0.2, -0.15) is 0 Å². The third-order valence-corrected chi connectivity index (χ3v) is 9.12. The second-order valence-corrected chi connectivity index (χ2v) is 12.8. The molecule has 0 saturated carbocycles. The molecule has 0 unspecified atom stereocenters. The van der Waals surface area contributed by atoms with Crippen molar-refractivity contribution in [3.05, 3.63) is 76.6 Å². The lowest BCUT2D eigenvalue weighted by Crippen LogP contribution is -2.66. The number of rotatable bonds is 6. The lowest BCUT2D eigenvalue weighted by molar-refractivity contribution is -0.130. The third-order valence-electron chi connectivity index (χ3n) is 9.12. The van der Waals surface area contributed by atoms with E-state index in [2.05, 4.69) is 16.5 Å². The van der Waals surface area contributed by atoms with Crippen LogP contribution in [0.1, 0.15) is 57.8 Å². The van der Waals surface area contributed by atoms with Gasteiger partial charge in [-0.15, -0.1) is 0 Å². The molecule has 0 bridgehead atoms. The molecule has 2 aliphatic rings. The number of aromatic nitrogens is 4. The number of carbonyl (C=O) groups excluding carboxylic acids is 2. The van der Waals surface area contributed by atoms with Crippen molar-refractivity contribution >= 4 is 34.2 Å². The van der Waals surface area contributed by atoms with Gasteiger partial charge in [-0.25, -0.2) is 23.7 Å². The van der Waals surface area contributed by atoms with E-state index in [0.717, 1.165) is 0 Å². The first-order valence-electron chi connectivity index (χ1n) is 15.8.